The second kappa shape index (κ2) is 6.39. The number of aryl methyl sites for hydroxylation is 1. The summed E-state index contributed by atoms with van der Waals surface area (Å²) in [4.78, 5) is 38.3. The Hall–Kier alpha value is -2.69. The molecule has 2 aromatic rings. The third kappa shape index (κ3) is 2.83. The molecule has 0 bridgehead atoms. The number of H-pyrrole nitrogens is 1. The second-order valence-corrected chi connectivity index (χ2v) is 4.92. The minimum absolute atomic E-state index is 0.231. The zero-order valence-electron chi connectivity index (χ0n) is 12.7. The molecule has 0 fully saturated rings. The Morgan fingerprint density at radius 1 is 1.27 bits per heavy atom. The highest BCUT2D eigenvalue weighted by Gasteiger charge is 2.23. The Kier molecular flexibility index (Phi) is 4.56. The molecule has 1 heterocycles. The van der Waals surface area contributed by atoms with Crippen molar-refractivity contribution in [2.45, 2.75) is 20.8 Å². The minimum atomic E-state index is -0.483. The lowest BCUT2D eigenvalue weighted by Gasteiger charge is -2.04. The predicted octanol–water partition coefficient (Wildman–Crippen LogP) is 2.85. The van der Waals surface area contributed by atoms with Crippen molar-refractivity contribution in [2.24, 2.45) is 0 Å². The quantitative estimate of drug-likeness (QED) is 0.523. The van der Waals surface area contributed by atoms with Gasteiger partial charge in [0.05, 0.1) is 6.61 Å². The first-order chi connectivity index (χ1) is 10.5. The maximum absolute atomic E-state index is 12.7. The van der Waals surface area contributed by atoms with Crippen LogP contribution in [-0.4, -0.2) is 29.6 Å². The molecule has 0 saturated heterocycles. The fourth-order valence-electron chi connectivity index (χ4n) is 2.40. The highest BCUT2D eigenvalue weighted by atomic mass is 16.5. The summed E-state index contributed by atoms with van der Waals surface area (Å²) in [5.41, 5.74) is 2.72. The van der Waals surface area contributed by atoms with E-state index in [-0.39, 0.29) is 18.1 Å². The van der Waals surface area contributed by atoms with Gasteiger partial charge in [0, 0.05) is 22.4 Å². The van der Waals surface area contributed by atoms with Crippen LogP contribution in [0.2, 0.25) is 0 Å². The number of hydrogen-bond acceptors (Lipinski definition) is 4. The number of hydrogen-bond donors (Lipinski definition) is 1. The van der Waals surface area contributed by atoms with Gasteiger partial charge in [0.1, 0.15) is 12.0 Å². The second-order valence-electron chi connectivity index (χ2n) is 4.92. The van der Waals surface area contributed by atoms with Gasteiger partial charge < -0.3 is 9.72 Å². The summed E-state index contributed by atoms with van der Waals surface area (Å²) >= 11 is 0. The van der Waals surface area contributed by atoms with E-state index in [0.29, 0.717) is 34.2 Å². The first-order valence-electron chi connectivity index (χ1n) is 6.95. The van der Waals surface area contributed by atoms with E-state index < -0.39 is 5.97 Å². The molecule has 5 nitrogen and oxygen atoms in total. The Morgan fingerprint density at radius 3 is 2.64 bits per heavy atom. The zero-order chi connectivity index (χ0) is 16.3. The van der Waals surface area contributed by atoms with Gasteiger partial charge in [-0.15, -0.1) is 0 Å². The number of ketones is 1. The Balaban J connectivity index is 2.46. The fourth-order valence-corrected chi connectivity index (χ4v) is 2.40. The number of aromatic amines is 1. The molecule has 0 unspecified atom stereocenters. The van der Waals surface area contributed by atoms with E-state index in [2.05, 4.69) is 4.98 Å². The lowest BCUT2D eigenvalue weighted by Crippen LogP contribution is -2.08. The van der Waals surface area contributed by atoms with Crippen molar-refractivity contribution < 1.29 is 19.1 Å². The van der Waals surface area contributed by atoms with Gasteiger partial charge in [-0.1, -0.05) is 18.2 Å². The molecule has 1 N–H and O–H groups in total. The maximum atomic E-state index is 12.7. The van der Waals surface area contributed by atoms with Crippen LogP contribution in [0.3, 0.4) is 0 Å². The van der Waals surface area contributed by atoms with Crippen molar-refractivity contribution in [3.63, 3.8) is 0 Å². The van der Waals surface area contributed by atoms with Crippen molar-refractivity contribution in [3.8, 4) is 0 Å². The maximum Gasteiger partial charge on any atom is 0.355 e. The van der Waals surface area contributed by atoms with E-state index in [1.807, 2.05) is 0 Å². The standard InChI is InChI=1S/C17H17NO4/c1-4-22-17(21)15-10(2)14(11(3)18-15)16(20)13-7-5-6-12(8-13)9-19/h5-9,18H,4H2,1-3H3. The molecular formula is C17H17NO4. The lowest BCUT2D eigenvalue weighted by molar-refractivity contribution is 0.0519. The molecule has 0 radical (unpaired) electrons. The minimum Gasteiger partial charge on any atom is -0.461 e. The summed E-state index contributed by atoms with van der Waals surface area (Å²) in [5.74, 6) is -0.714. The summed E-state index contributed by atoms with van der Waals surface area (Å²) in [7, 11) is 0. The van der Waals surface area contributed by atoms with E-state index in [4.69, 9.17) is 4.74 Å². The molecule has 0 atom stereocenters. The number of benzene rings is 1. The van der Waals surface area contributed by atoms with Crippen LogP contribution in [0, 0.1) is 13.8 Å². The van der Waals surface area contributed by atoms with Crippen LogP contribution in [0.4, 0.5) is 0 Å². The monoisotopic (exact) mass is 299 g/mol. The smallest absolute Gasteiger partial charge is 0.355 e. The van der Waals surface area contributed by atoms with Gasteiger partial charge in [0.15, 0.2) is 5.78 Å². The van der Waals surface area contributed by atoms with Crippen LogP contribution >= 0.6 is 0 Å². The summed E-state index contributed by atoms with van der Waals surface area (Å²) in [6.07, 6.45) is 0.692. The highest BCUT2D eigenvalue weighted by molar-refractivity contribution is 6.12. The third-order valence-corrected chi connectivity index (χ3v) is 3.43. The zero-order valence-corrected chi connectivity index (χ0v) is 12.7. The molecule has 2 rings (SSSR count). The van der Waals surface area contributed by atoms with Crippen molar-refractivity contribution in [1.29, 1.82) is 0 Å². The number of carbonyl (C=O) groups is 3. The van der Waals surface area contributed by atoms with E-state index in [1.165, 1.54) is 6.07 Å². The molecule has 0 aliphatic rings. The Bertz CT molecular complexity index is 743. The van der Waals surface area contributed by atoms with E-state index >= 15 is 0 Å². The molecule has 0 aliphatic heterocycles. The van der Waals surface area contributed by atoms with Gasteiger partial charge >= 0.3 is 5.97 Å². The van der Waals surface area contributed by atoms with Crippen molar-refractivity contribution in [1.82, 2.24) is 4.98 Å². The number of esters is 1. The molecular weight excluding hydrogens is 282 g/mol. The van der Waals surface area contributed by atoms with E-state index in [9.17, 15) is 14.4 Å². The average Bonchev–Trinajstić information content (AvgIpc) is 2.82. The molecule has 0 spiro atoms. The average molecular weight is 299 g/mol. The molecule has 1 aromatic carbocycles. The number of aromatic nitrogens is 1. The topological polar surface area (TPSA) is 76.2 Å². The summed E-state index contributed by atoms with van der Waals surface area (Å²) < 4.78 is 4.97. The molecule has 0 saturated carbocycles. The number of ether oxygens (including phenoxy) is 1. The first kappa shape index (κ1) is 15.7. The number of nitrogens with one attached hydrogen (secondary N) is 1. The van der Waals surface area contributed by atoms with Gasteiger partial charge in [-0.2, -0.15) is 0 Å². The molecule has 1 aromatic heterocycles. The largest absolute Gasteiger partial charge is 0.461 e. The summed E-state index contributed by atoms with van der Waals surface area (Å²) in [5, 5.41) is 0. The van der Waals surface area contributed by atoms with Gasteiger partial charge in [-0.25, -0.2) is 4.79 Å². The van der Waals surface area contributed by atoms with Crippen LogP contribution in [0.1, 0.15) is 54.9 Å². The molecule has 5 heteroatoms. The van der Waals surface area contributed by atoms with Crippen molar-refractivity contribution in [2.75, 3.05) is 6.61 Å². The van der Waals surface area contributed by atoms with Crippen LogP contribution < -0.4 is 0 Å². The van der Waals surface area contributed by atoms with Crippen molar-refractivity contribution >= 4 is 18.0 Å². The van der Waals surface area contributed by atoms with Gasteiger partial charge in [0.25, 0.3) is 0 Å². The van der Waals surface area contributed by atoms with Crippen LogP contribution in [-0.2, 0) is 4.74 Å². The van der Waals surface area contributed by atoms with E-state index in [1.54, 1.807) is 39.0 Å². The normalized spacial score (nSPS) is 10.3. The lowest BCUT2D eigenvalue weighted by atomic mass is 9.98. The Labute approximate surface area is 128 Å². The molecule has 0 amide bonds. The van der Waals surface area contributed by atoms with Gasteiger partial charge in [-0.3, -0.25) is 9.59 Å². The van der Waals surface area contributed by atoms with Crippen LogP contribution in [0.25, 0.3) is 0 Å². The number of aldehydes is 1. The number of rotatable bonds is 5. The molecule has 0 aliphatic carbocycles. The number of carbonyl (C=O) groups excluding carboxylic acids is 3. The van der Waals surface area contributed by atoms with Crippen LogP contribution in [0.15, 0.2) is 24.3 Å². The van der Waals surface area contributed by atoms with E-state index in [0.717, 1.165) is 0 Å². The Morgan fingerprint density at radius 2 is 2.00 bits per heavy atom. The van der Waals surface area contributed by atoms with Gasteiger partial charge in [-0.05, 0) is 32.4 Å². The molecule has 114 valence electrons. The fraction of sp³-hybridized carbons (Fsp3) is 0.235. The predicted molar refractivity (Wildman–Crippen MR) is 81.5 cm³/mol. The highest BCUT2D eigenvalue weighted by Crippen LogP contribution is 2.22. The van der Waals surface area contributed by atoms with Crippen molar-refractivity contribution in [3.05, 3.63) is 57.9 Å². The SMILES string of the molecule is CCOC(=O)c1[nH]c(C)c(C(=O)c2cccc(C=O)c2)c1C. The van der Waals surface area contributed by atoms with Crippen LogP contribution in [0.5, 0.6) is 0 Å². The summed E-state index contributed by atoms with van der Waals surface area (Å²) in [6, 6.07) is 6.46. The third-order valence-electron chi connectivity index (χ3n) is 3.43. The van der Waals surface area contributed by atoms with Gasteiger partial charge in [0.2, 0.25) is 0 Å². The summed E-state index contributed by atoms with van der Waals surface area (Å²) in [6.45, 7) is 5.42. The first-order valence-corrected chi connectivity index (χ1v) is 6.95. The molecule has 22 heavy (non-hydrogen) atoms.